The predicted molar refractivity (Wildman–Crippen MR) is 149 cm³/mol. The molecule has 0 aromatic heterocycles. The molecule has 0 heterocycles. The number of rotatable bonds is 10. The van der Waals surface area contributed by atoms with E-state index in [0.717, 1.165) is 56.1 Å². The normalized spacial score (nSPS) is 34.1. The van der Waals surface area contributed by atoms with E-state index in [9.17, 15) is 20.4 Å². The van der Waals surface area contributed by atoms with Crippen LogP contribution in [0.5, 0.6) is 0 Å². The van der Waals surface area contributed by atoms with Crippen LogP contribution in [0.4, 0.5) is 0 Å². The topological polar surface area (TPSA) is 80.9 Å². The number of hydrogen-bond acceptors (Lipinski definition) is 4. The molecule has 0 radical (unpaired) electrons. The maximum Gasteiger partial charge on any atom is 0.0811 e. The Morgan fingerprint density at radius 3 is 2.19 bits per heavy atom. The zero-order chi connectivity index (χ0) is 26.7. The first-order valence-corrected chi connectivity index (χ1v) is 14.6. The minimum absolute atomic E-state index is 0.291. The summed E-state index contributed by atoms with van der Waals surface area (Å²) >= 11 is 0. The van der Waals surface area contributed by atoms with Crippen LogP contribution in [0, 0.1) is 23.2 Å². The molecule has 5 atom stereocenters. The molecule has 3 saturated carbocycles. The van der Waals surface area contributed by atoms with Crippen LogP contribution < -0.4 is 0 Å². The molecular formula is C32H54O4. The number of aliphatic hydroxyl groups is 4. The molecule has 3 rings (SSSR count). The van der Waals surface area contributed by atoms with Gasteiger partial charge in [0.1, 0.15) is 0 Å². The second-order valence-electron chi connectivity index (χ2n) is 13.8. The standard InChI is InChI=1S/C32H54O4/c1-22-25(20-26(33)21-29(22)34)14-13-24-12-9-19-32(6)27(15-16-28(24)32)23(10-7-17-30(2,3)35)11-8-18-31(4,5)36/h13-14,23,26-29,33-36H,1,7-12,15-21H2,2-6H3/t26-,27-,28?,29+,32-/m1/s1. The molecule has 1 unspecified atom stereocenters. The van der Waals surface area contributed by atoms with E-state index in [1.807, 2.05) is 27.7 Å². The summed E-state index contributed by atoms with van der Waals surface area (Å²) in [5.41, 5.74) is 2.36. The van der Waals surface area contributed by atoms with Crippen molar-refractivity contribution in [3.05, 3.63) is 35.5 Å². The van der Waals surface area contributed by atoms with Crippen LogP contribution in [0.2, 0.25) is 0 Å². The van der Waals surface area contributed by atoms with E-state index in [2.05, 4.69) is 25.7 Å². The monoisotopic (exact) mass is 502 g/mol. The molecule has 3 fully saturated rings. The highest BCUT2D eigenvalue weighted by Gasteiger charge is 2.51. The van der Waals surface area contributed by atoms with E-state index in [-0.39, 0.29) is 0 Å². The van der Waals surface area contributed by atoms with Gasteiger partial charge in [0.2, 0.25) is 0 Å². The minimum Gasteiger partial charge on any atom is -0.393 e. The maximum atomic E-state index is 10.3. The van der Waals surface area contributed by atoms with Crippen molar-refractivity contribution in [1.82, 2.24) is 0 Å². The van der Waals surface area contributed by atoms with Crippen LogP contribution in [0.3, 0.4) is 0 Å². The molecule has 0 amide bonds. The Morgan fingerprint density at radius 2 is 1.61 bits per heavy atom. The van der Waals surface area contributed by atoms with Crippen molar-refractivity contribution in [2.75, 3.05) is 0 Å². The lowest BCUT2D eigenvalue weighted by atomic mass is 9.60. The average Bonchev–Trinajstić information content (AvgIpc) is 3.10. The first kappa shape index (κ1) is 29.6. The molecular weight excluding hydrogens is 448 g/mol. The van der Waals surface area contributed by atoms with Crippen molar-refractivity contribution in [3.8, 4) is 0 Å². The second kappa shape index (κ2) is 11.8. The number of hydrogen-bond donors (Lipinski definition) is 4. The van der Waals surface area contributed by atoms with Crippen LogP contribution >= 0.6 is 0 Å². The number of fused-ring (bicyclic) bond motifs is 1. The molecule has 0 aliphatic heterocycles. The molecule has 206 valence electrons. The summed E-state index contributed by atoms with van der Waals surface area (Å²) in [7, 11) is 0. The van der Waals surface area contributed by atoms with Crippen molar-refractivity contribution in [2.24, 2.45) is 23.2 Å². The third kappa shape index (κ3) is 7.79. The van der Waals surface area contributed by atoms with Crippen LogP contribution in [0.1, 0.15) is 118 Å². The van der Waals surface area contributed by atoms with Crippen LogP contribution in [-0.2, 0) is 0 Å². The molecule has 0 bridgehead atoms. The van der Waals surface area contributed by atoms with Crippen LogP contribution in [0.15, 0.2) is 35.5 Å². The van der Waals surface area contributed by atoms with Gasteiger partial charge in [0, 0.05) is 6.42 Å². The molecule has 3 aliphatic rings. The van der Waals surface area contributed by atoms with E-state index >= 15 is 0 Å². The van der Waals surface area contributed by atoms with E-state index in [1.54, 1.807) is 0 Å². The highest BCUT2D eigenvalue weighted by molar-refractivity contribution is 5.38. The smallest absolute Gasteiger partial charge is 0.0811 e. The summed E-state index contributed by atoms with van der Waals surface area (Å²) in [6, 6.07) is 0. The van der Waals surface area contributed by atoms with Crippen molar-refractivity contribution < 1.29 is 20.4 Å². The molecule has 0 saturated heterocycles. The van der Waals surface area contributed by atoms with E-state index < -0.39 is 23.4 Å². The first-order chi connectivity index (χ1) is 16.7. The Bertz CT molecular complexity index is 791. The Labute approximate surface area is 220 Å². The summed E-state index contributed by atoms with van der Waals surface area (Å²) < 4.78 is 0. The van der Waals surface area contributed by atoms with Gasteiger partial charge in [-0.3, -0.25) is 0 Å². The molecule has 0 spiro atoms. The molecule has 0 aromatic rings. The summed E-state index contributed by atoms with van der Waals surface area (Å²) in [6.45, 7) is 14.3. The summed E-state index contributed by atoms with van der Waals surface area (Å²) in [4.78, 5) is 0. The van der Waals surface area contributed by atoms with Gasteiger partial charge in [0.15, 0.2) is 0 Å². The third-order valence-electron chi connectivity index (χ3n) is 9.60. The van der Waals surface area contributed by atoms with Gasteiger partial charge in [0.25, 0.3) is 0 Å². The fourth-order valence-electron chi connectivity index (χ4n) is 7.66. The lowest BCUT2D eigenvalue weighted by Crippen LogP contribution is -2.37. The van der Waals surface area contributed by atoms with Gasteiger partial charge < -0.3 is 20.4 Å². The Kier molecular flexibility index (Phi) is 9.74. The first-order valence-electron chi connectivity index (χ1n) is 14.6. The zero-order valence-electron chi connectivity index (χ0n) is 23.7. The van der Waals surface area contributed by atoms with E-state index in [1.165, 1.54) is 31.3 Å². The maximum absolute atomic E-state index is 10.3. The van der Waals surface area contributed by atoms with Gasteiger partial charge in [-0.2, -0.15) is 0 Å². The quantitative estimate of drug-likeness (QED) is 0.270. The summed E-state index contributed by atoms with van der Waals surface area (Å²) in [5.74, 6) is 1.90. The van der Waals surface area contributed by atoms with Crippen molar-refractivity contribution in [2.45, 2.75) is 141 Å². The van der Waals surface area contributed by atoms with Gasteiger partial charge in [-0.05, 0) is 113 Å². The Balaban J connectivity index is 1.77. The van der Waals surface area contributed by atoms with Gasteiger partial charge in [-0.1, -0.05) is 56.9 Å². The van der Waals surface area contributed by atoms with Gasteiger partial charge in [-0.15, -0.1) is 0 Å². The van der Waals surface area contributed by atoms with Crippen molar-refractivity contribution in [1.29, 1.82) is 0 Å². The molecule has 4 heteroatoms. The van der Waals surface area contributed by atoms with E-state index in [0.29, 0.717) is 36.0 Å². The van der Waals surface area contributed by atoms with Gasteiger partial charge >= 0.3 is 0 Å². The fraction of sp³-hybridized carbons (Fsp3) is 0.812. The van der Waals surface area contributed by atoms with Crippen LogP contribution in [0.25, 0.3) is 0 Å². The Hall–Kier alpha value is -0.940. The molecule has 3 aliphatic carbocycles. The highest BCUT2D eigenvalue weighted by Crippen LogP contribution is 2.60. The lowest BCUT2D eigenvalue weighted by molar-refractivity contribution is 0.0480. The van der Waals surface area contributed by atoms with Crippen molar-refractivity contribution >= 4 is 0 Å². The fourth-order valence-corrected chi connectivity index (χ4v) is 7.66. The Morgan fingerprint density at radius 1 is 1.00 bits per heavy atom. The second-order valence-corrected chi connectivity index (χ2v) is 13.8. The van der Waals surface area contributed by atoms with Gasteiger partial charge in [-0.25, -0.2) is 0 Å². The molecule has 4 N–H and O–H groups in total. The SMILES string of the molecule is C=C1C(=CC=C2CCC[C@@]3(C)C2CC[C@@H]3C(CCCC(C)(C)O)CCCC(C)(C)O)C[C@@H](O)C[C@@H]1O. The molecule has 0 aromatic carbocycles. The third-order valence-corrected chi connectivity index (χ3v) is 9.60. The largest absolute Gasteiger partial charge is 0.393 e. The van der Waals surface area contributed by atoms with Crippen molar-refractivity contribution in [3.63, 3.8) is 0 Å². The minimum atomic E-state index is -0.639. The summed E-state index contributed by atoms with van der Waals surface area (Å²) in [6.07, 6.45) is 16.5. The lowest BCUT2D eigenvalue weighted by Gasteiger charge is -2.45. The average molecular weight is 503 g/mol. The number of aliphatic hydroxyl groups excluding tert-OH is 2. The van der Waals surface area contributed by atoms with Gasteiger partial charge in [0.05, 0.1) is 23.4 Å². The summed E-state index contributed by atoms with van der Waals surface area (Å²) in [5, 5.41) is 40.9. The predicted octanol–water partition coefficient (Wildman–Crippen LogP) is 6.63. The van der Waals surface area contributed by atoms with Crippen LogP contribution in [-0.4, -0.2) is 43.8 Å². The molecule has 4 nitrogen and oxygen atoms in total. The highest BCUT2D eigenvalue weighted by atomic mass is 16.3. The molecule has 36 heavy (non-hydrogen) atoms. The van der Waals surface area contributed by atoms with E-state index in [4.69, 9.17) is 0 Å². The number of allylic oxidation sites excluding steroid dienone is 3. The zero-order valence-corrected chi connectivity index (χ0v) is 23.7.